The molecule has 0 saturated carbocycles. The number of rotatable bonds is 6. The van der Waals surface area contributed by atoms with Crippen molar-refractivity contribution in [3.8, 4) is 6.07 Å². The first-order chi connectivity index (χ1) is 14.2. The summed E-state index contributed by atoms with van der Waals surface area (Å²) in [6.45, 7) is 0.548. The van der Waals surface area contributed by atoms with Crippen LogP contribution in [0.1, 0.15) is 21.5 Å². The number of aromatic nitrogens is 2. The molecule has 29 heavy (non-hydrogen) atoms. The lowest BCUT2D eigenvalue weighted by atomic mass is 10.1. The molecule has 0 aliphatic rings. The minimum atomic E-state index is -0.151. The highest BCUT2D eigenvalue weighted by atomic mass is 16.1. The summed E-state index contributed by atoms with van der Waals surface area (Å²) < 4.78 is 0. The van der Waals surface area contributed by atoms with Gasteiger partial charge in [0.15, 0.2) is 0 Å². The van der Waals surface area contributed by atoms with Gasteiger partial charge in [-0.25, -0.2) is 4.98 Å². The molecule has 4 rings (SSSR count). The van der Waals surface area contributed by atoms with Crippen LogP contribution in [0.5, 0.6) is 0 Å². The number of carbonyl (C=O) groups is 1. The number of nitrogens with one attached hydrogen (secondary N) is 3. The molecule has 6 nitrogen and oxygen atoms in total. The Morgan fingerprint density at radius 3 is 2.66 bits per heavy atom. The zero-order chi connectivity index (χ0) is 20.1. The van der Waals surface area contributed by atoms with Gasteiger partial charge >= 0.3 is 0 Å². The molecule has 2 aromatic carbocycles. The molecule has 0 atom stereocenters. The summed E-state index contributed by atoms with van der Waals surface area (Å²) in [6.07, 6.45) is 4.29. The number of amides is 1. The number of anilines is 2. The maximum atomic E-state index is 12.4. The molecular weight excluding hydrogens is 362 g/mol. The molecule has 0 saturated heterocycles. The molecule has 4 aromatic rings. The van der Waals surface area contributed by atoms with E-state index in [0.717, 1.165) is 17.6 Å². The van der Waals surface area contributed by atoms with E-state index in [1.165, 1.54) is 10.9 Å². The third kappa shape index (κ3) is 4.25. The van der Waals surface area contributed by atoms with E-state index in [9.17, 15) is 4.79 Å². The normalized spacial score (nSPS) is 10.4. The van der Waals surface area contributed by atoms with Crippen LogP contribution in [-0.2, 0) is 6.42 Å². The van der Waals surface area contributed by atoms with Crippen molar-refractivity contribution >= 4 is 28.3 Å². The topological polar surface area (TPSA) is 93.6 Å². The smallest absolute Gasteiger partial charge is 0.252 e. The maximum Gasteiger partial charge on any atom is 0.252 e. The molecule has 6 heteroatoms. The number of fused-ring (bicyclic) bond motifs is 1. The van der Waals surface area contributed by atoms with Crippen molar-refractivity contribution in [1.82, 2.24) is 15.3 Å². The third-order valence-electron chi connectivity index (χ3n) is 4.67. The quantitative estimate of drug-likeness (QED) is 0.468. The van der Waals surface area contributed by atoms with Gasteiger partial charge in [0, 0.05) is 35.5 Å². The Hall–Kier alpha value is -4.11. The highest BCUT2D eigenvalue weighted by Gasteiger charge is 2.08. The summed E-state index contributed by atoms with van der Waals surface area (Å²) >= 11 is 0. The number of hydrogen-bond acceptors (Lipinski definition) is 4. The van der Waals surface area contributed by atoms with Gasteiger partial charge in [0.25, 0.3) is 5.91 Å². The highest BCUT2D eigenvalue weighted by molar-refractivity contribution is 5.94. The number of nitriles is 1. The van der Waals surface area contributed by atoms with Crippen molar-refractivity contribution in [3.05, 3.63) is 89.7 Å². The first-order valence-electron chi connectivity index (χ1n) is 9.29. The molecule has 0 aliphatic carbocycles. The SMILES string of the molecule is N#Cc1ccc(Nc2ccc(C(=O)NCCc3c[nH]c4ccccc34)cn2)cc1. The van der Waals surface area contributed by atoms with Crippen molar-refractivity contribution in [3.63, 3.8) is 0 Å². The lowest BCUT2D eigenvalue weighted by Crippen LogP contribution is -2.25. The van der Waals surface area contributed by atoms with Crippen LogP contribution in [0, 0.1) is 11.3 Å². The molecule has 1 amide bonds. The maximum absolute atomic E-state index is 12.4. The molecule has 2 aromatic heterocycles. The van der Waals surface area contributed by atoms with Crippen molar-refractivity contribution in [1.29, 1.82) is 5.26 Å². The van der Waals surface area contributed by atoms with Crippen LogP contribution >= 0.6 is 0 Å². The Labute approximate surface area is 168 Å². The summed E-state index contributed by atoms with van der Waals surface area (Å²) in [6, 6.07) is 20.8. The largest absolute Gasteiger partial charge is 0.361 e. The second kappa shape index (κ2) is 8.28. The van der Waals surface area contributed by atoms with Gasteiger partial charge in [-0.1, -0.05) is 18.2 Å². The molecular formula is C23H19N5O. The molecule has 0 aliphatic heterocycles. The minimum Gasteiger partial charge on any atom is -0.361 e. The second-order valence-electron chi connectivity index (χ2n) is 6.61. The van der Waals surface area contributed by atoms with E-state index in [0.29, 0.717) is 23.5 Å². The monoisotopic (exact) mass is 381 g/mol. The molecule has 0 unspecified atom stereocenters. The van der Waals surface area contributed by atoms with Gasteiger partial charge in [-0.3, -0.25) is 4.79 Å². The fourth-order valence-electron chi connectivity index (χ4n) is 3.13. The first-order valence-corrected chi connectivity index (χ1v) is 9.29. The minimum absolute atomic E-state index is 0.151. The van der Waals surface area contributed by atoms with Gasteiger partial charge in [0.05, 0.1) is 17.2 Å². The number of nitrogens with zero attached hydrogens (tertiary/aromatic N) is 2. The average Bonchev–Trinajstić information content (AvgIpc) is 3.18. The highest BCUT2D eigenvalue weighted by Crippen LogP contribution is 2.18. The molecule has 0 spiro atoms. The number of hydrogen-bond donors (Lipinski definition) is 3. The lowest BCUT2D eigenvalue weighted by Gasteiger charge is -2.07. The van der Waals surface area contributed by atoms with Crippen molar-refractivity contribution in [2.45, 2.75) is 6.42 Å². The lowest BCUT2D eigenvalue weighted by molar-refractivity contribution is 0.0954. The average molecular weight is 381 g/mol. The number of para-hydroxylation sites is 1. The number of carbonyl (C=O) groups excluding carboxylic acids is 1. The van der Waals surface area contributed by atoms with E-state index in [1.807, 2.05) is 36.5 Å². The van der Waals surface area contributed by atoms with Gasteiger partial charge in [-0.2, -0.15) is 5.26 Å². The summed E-state index contributed by atoms with van der Waals surface area (Å²) in [4.78, 5) is 19.9. The van der Waals surface area contributed by atoms with Crippen LogP contribution in [0.3, 0.4) is 0 Å². The van der Waals surface area contributed by atoms with E-state index < -0.39 is 0 Å². The molecule has 0 bridgehead atoms. The van der Waals surface area contributed by atoms with E-state index in [1.54, 1.807) is 30.5 Å². The standard InChI is InChI=1S/C23H19N5O/c24-13-16-5-8-19(9-6-16)28-22-10-7-18(15-27-22)23(29)25-12-11-17-14-26-21-4-2-1-3-20(17)21/h1-10,14-15,26H,11-12H2,(H,25,29)(H,27,28). The van der Waals surface area contributed by atoms with Gasteiger partial charge in [-0.05, 0) is 54.4 Å². The van der Waals surface area contributed by atoms with Crippen LogP contribution in [0.4, 0.5) is 11.5 Å². The predicted octanol–water partition coefficient (Wildman–Crippen LogP) is 4.15. The van der Waals surface area contributed by atoms with Crippen LogP contribution in [0.25, 0.3) is 10.9 Å². The molecule has 0 radical (unpaired) electrons. The van der Waals surface area contributed by atoms with E-state index in [-0.39, 0.29) is 5.91 Å². The van der Waals surface area contributed by atoms with Gasteiger partial charge in [0.1, 0.15) is 5.82 Å². The fourth-order valence-corrected chi connectivity index (χ4v) is 3.13. The van der Waals surface area contributed by atoms with Crippen LogP contribution in [-0.4, -0.2) is 22.4 Å². The van der Waals surface area contributed by atoms with Gasteiger partial charge in [0.2, 0.25) is 0 Å². The predicted molar refractivity (Wildman–Crippen MR) is 113 cm³/mol. The Morgan fingerprint density at radius 1 is 1.07 bits per heavy atom. The van der Waals surface area contributed by atoms with Crippen molar-refractivity contribution in [2.24, 2.45) is 0 Å². The zero-order valence-electron chi connectivity index (χ0n) is 15.6. The molecule has 142 valence electrons. The summed E-state index contributed by atoms with van der Waals surface area (Å²) in [5.74, 6) is 0.479. The number of pyridine rings is 1. The van der Waals surface area contributed by atoms with Crippen molar-refractivity contribution in [2.75, 3.05) is 11.9 Å². The van der Waals surface area contributed by atoms with Crippen LogP contribution < -0.4 is 10.6 Å². The van der Waals surface area contributed by atoms with Gasteiger partial charge < -0.3 is 15.6 Å². The Morgan fingerprint density at radius 2 is 1.90 bits per heavy atom. The van der Waals surface area contributed by atoms with Crippen LogP contribution in [0.2, 0.25) is 0 Å². The van der Waals surface area contributed by atoms with Crippen molar-refractivity contribution < 1.29 is 4.79 Å². The third-order valence-corrected chi connectivity index (χ3v) is 4.67. The van der Waals surface area contributed by atoms with E-state index in [2.05, 4.69) is 32.7 Å². The summed E-state index contributed by atoms with van der Waals surface area (Å²) in [7, 11) is 0. The zero-order valence-corrected chi connectivity index (χ0v) is 15.6. The molecule has 0 fully saturated rings. The van der Waals surface area contributed by atoms with Gasteiger partial charge in [-0.15, -0.1) is 0 Å². The molecule has 2 heterocycles. The first kappa shape index (κ1) is 18.3. The number of benzene rings is 2. The van der Waals surface area contributed by atoms with E-state index in [4.69, 9.17) is 5.26 Å². The summed E-state index contributed by atoms with van der Waals surface area (Å²) in [5, 5.41) is 16.1. The van der Waals surface area contributed by atoms with E-state index >= 15 is 0 Å². The second-order valence-corrected chi connectivity index (χ2v) is 6.61. The Bertz CT molecular complexity index is 1170. The number of H-pyrrole nitrogens is 1. The Kier molecular flexibility index (Phi) is 5.21. The fraction of sp³-hybridized carbons (Fsp3) is 0.0870. The number of aromatic amines is 1. The molecule has 3 N–H and O–H groups in total. The van der Waals surface area contributed by atoms with Crippen LogP contribution in [0.15, 0.2) is 73.1 Å². The Balaban J connectivity index is 1.32. The summed E-state index contributed by atoms with van der Waals surface area (Å²) in [5.41, 5.74) is 4.22.